The zero-order chi connectivity index (χ0) is 33.2. The summed E-state index contributed by atoms with van der Waals surface area (Å²) < 4.78 is 47.4. The minimum absolute atomic E-state index is 0.141. The summed E-state index contributed by atoms with van der Waals surface area (Å²) in [6, 6.07) is 22.4. The highest BCUT2D eigenvalue weighted by atomic mass is 79.9. The van der Waals surface area contributed by atoms with Crippen LogP contribution in [0.5, 0.6) is 5.75 Å². The van der Waals surface area contributed by atoms with Gasteiger partial charge in [0.15, 0.2) is 4.32 Å². The SMILES string of the molecule is O=C(NCCCCCCCCc1ccccc1)C1=CC(Br)(C(F)(F)F)C(OCc2ccc(C(=O)O)c(O)c2)C(c2ccccc2)=C1. The molecule has 46 heavy (non-hydrogen) atoms. The van der Waals surface area contributed by atoms with Gasteiger partial charge in [-0.3, -0.25) is 4.79 Å². The van der Waals surface area contributed by atoms with Crippen LogP contribution in [0, 0.1) is 0 Å². The molecule has 2 unspecified atom stereocenters. The van der Waals surface area contributed by atoms with Gasteiger partial charge in [-0.25, -0.2) is 4.79 Å². The number of hydrogen-bond acceptors (Lipinski definition) is 4. The summed E-state index contributed by atoms with van der Waals surface area (Å²) in [4.78, 5) is 24.4. The van der Waals surface area contributed by atoms with Gasteiger partial charge in [-0.05, 0) is 65.8 Å². The fraction of sp³-hybridized carbons (Fsp3) is 0.333. The van der Waals surface area contributed by atoms with Gasteiger partial charge in [-0.15, -0.1) is 0 Å². The van der Waals surface area contributed by atoms with E-state index in [9.17, 15) is 27.9 Å². The minimum atomic E-state index is -4.87. The van der Waals surface area contributed by atoms with Crippen molar-refractivity contribution in [2.45, 2.75) is 68.2 Å². The highest BCUT2D eigenvalue weighted by molar-refractivity contribution is 9.10. The zero-order valence-electron chi connectivity index (χ0n) is 25.2. The topological polar surface area (TPSA) is 95.9 Å². The van der Waals surface area contributed by atoms with Crippen molar-refractivity contribution in [3.63, 3.8) is 0 Å². The number of carbonyl (C=O) groups is 2. The molecule has 1 aliphatic carbocycles. The number of carbonyl (C=O) groups excluding carboxylic acids is 1. The Morgan fingerprint density at radius 3 is 2.13 bits per heavy atom. The number of nitrogens with one attached hydrogen (secondary N) is 1. The van der Waals surface area contributed by atoms with Crippen LogP contribution in [-0.2, 0) is 22.6 Å². The van der Waals surface area contributed by atoms with E-state index in [-0.39, 0.29) is 28.9 Å². The van der Waals surface area contributed by atoms with Crippen molar-refractivity contribution in [2.75, 3.05) is 6.54 Å². The van der Waals surface area contributed by atoms with Crippen molar-refractivity contribution in [2.24, 2.45) is 0 Å². The largest absolute Gasteiger partial charge is 0.507 e. The van der Waals surface area contributed by atoms with Gasteiger partial charge in [0.2, 0.25) is 0 Å². The van der Waals surface area contributed by atoms with E-state index >= 15 is 0 Å². The second kappa shape index (κ2) is 16.1. The number of alkyl halides is 4. The highest BCUT2D eigenvalue weighted by Crippen LogP contribution is 2.50. The van der Waals surface area contributed by atoms with E-state index in [1.807, 2.05) is 18.2 Å². The van der Waals surface area contributed by atoms with E-state index in [2.05, 4.69) is 33.4 Å². The van der Waals surface area contributed by atoms with E-state index in [0.717, 1.165) is 56.7 Å². The van der Waals surface area contributed by atoms with Crippen LogP contribution in [0.25, 0.3) is 5.57 Å². The van der Waals surface area contributed by atoms with E-state index in [1.54, 1.807) is 30.3 Å². The Labute approximate surface area is 275 Å². The molecular formula is C36H37BrF3NO5. The average Bonchev–Trinajstić information content (AvgIpc) is 3.03. The van der Waals surface area contributed by atoms with Gasteiger partial charge in [0.05, 0.1) is 6.61 Å². The molecule has 0 radical (unpaired) electrons. The Balaban J connectivity index is 1.41. The Kier molecular flexibility index (Phi) is 12.2. The fourth-order valence-corrected chi connectivity index (χ4v) is 6.01. The lowest BCUT2D eigenvalue weighted by Crippen LogP contribution is -2.51. The zero-order valence-corrected chi connectivity index (χ0v) is 26.8. The Hall–Kier alpha value is -3.89. The molecule has 0 saturated carbocycles. The summed E-state index contributed by atoms with van der Waals surface area (Å²) in [7, 11) is 0. The van der Waals surface area contributed by atoms with Gasteiger partial charge in [-0.2, -0.15) is 13.2 Å². The van der Waals surface area contributed by atoms with Crippen LogP contribution in [-0.4, -0.2) is 45.2 Å². The monoisotopic (exact) mass is 699 g/mol. The molecular weight excluding hydrogens is 663 g/mol. The number of carboxylic acids is 1. The van der Waals surface area contributed by atoms with Crippen molar-refractivity contribution in [3.05, 3.63) is 119 Å². The van der Waals surface area contributed by atoms with Crippen LogP contribution < -0.4 is 5.32 Å². The van der Waals surface area contributed by atoms with E-state index in [4.69, 9.17) is 9.84 Å². The summed E-state index contributed by atoms with van der Waals surface area (Å²) in [5.41, 5.74) is 1.71. The first kappa shape index (κ1) is 35.0. The van der Waals surface area contributed by atoms with E-state index in [1.165, 1.54) is 17.7 Å². The number of ether oxygens (including phenoxy) is 1. The van der Waals surface area contributed by atoms with Crippen molar-refractivity contribution in [1.82, 2.24) is 5.32 Å². The lowest BCUT2D eigenvalue weighted by molar-refractivity contribution is -0.168. The van der Waals surface area contributed by atoms with Crippen molar-refractivity contribution in [1.29, 1.82) is 0 Å². The molecule has 0 spiro atoms. The second-order valence-electron chi connectivity index (χ2n) is 11.3. The number of unbranched alkanes of at least 4 members (excludes halogenated alkanes) is 5. The third-order valence-corrected chi connectivity index (χ3v) is 8.97. The molecule has 1 aliphatic rings. The van der Waals surface area contributed by atoms with Crippen molar-refractivity contribution in [3.8, 4) is 5.75 Å². The first-order chi connectivity index (χ1) is 22.0. The van der Waals surface area contributed by atoms with Gasteiger partial charge < -0.3 is 20.3 Å². The molecule has 0 saturated heterocycles. The van der Waals surface area contributed by atoms with Gasteiger partial charge in [0, 0.05) is 12.1 Å². The highest BCUT2D eigenvalue weighted by Gasteiger charge is 2.60. The molecule has 10 heteroatoms. The predicted molar refractivity (Wildman–Crippen MR) is 175 cm³/mol. The van der Waals surface area contributed by atoms with Crippen LogP contribution in [0.1, 0.15) is 65.6 Å². The molecule has 2 atom stereocenters. The molecule has 3 N–H and O–H groups in total. The standard InChI is InChI=1S/C36H37BrF3NO5/c37-35(36(38,39)40)23-28(33(43)41-20-12-4-2-1-3-7-13-25-14-8-5-9-15-25)22-30(27-16-10-6-11-17-27)32(35)46-24-26-18-19-29(34(44)45)31(42)21-26/h5-6,8-11,14-19,21-23,32,42H,1-4,7,12-13,20,24H2,(H,41,43)(H,44,45). The van der Waals surface area contributed by atoms with Gasteiger partial charge in [0.25, 0.3) is 5.91 Å². The first-order valence-corrected chi connectivity index (χ1v) is 16.0. The summed E-state index contributed by atoms with van der Waals surface area (Å²) in [6.07, 6.45) is 2.76. The molecule has 0 aromatic heterocycles. The smallest absolute Gasteiger partial charge is 0.410 e. The number of amides is 1. The van der Waals surface area contributed by atoms with E-state index in [0.29, 0.717) is 18.5 Å². The lowest BCUT2D eigenvalue weighted by Gasteiger charge is -2.39. The maximum Gasteiger partial charge on any atom is 0.410 e. The number of aromatic carboxylic acids is 1. The number of aryl methyl sites for hydroxylation is 1. The molecule has 0 bridgehead atoms. The Morgan fingerprint density at radius 1 is 0.870 bits per heavy atom. The second-order valence-corrected chi connectivity index (χ2v) is 12.6. The normalized spacial score (nSPS) is 18.0. The van der Waals surface area contributed by atoms with E-state index < -0.39 is 34.2 Å². The lowest BCUT2D eigenvalue weighted by atomic mass is 9.83. The molecule has 4 rings (SSSR count). The summed E-state index contributed by atoms with van der Waals surface area (Å²) in [5.74, 6) is -2.48. The summed E-state index contributed by atoms with van der Waals surface area (Å²) >= 11 is 2.91. The molecule has 244 valence electrons. The molecule has 3 aromatic rings. The fourth-order valence-electron chi connectivity index (χ4n) is 5.39. The molecule has 3 aromatic carbocycles. The number of rotatable bonds is 15. The third kappa shape index (κ3) is 9.10. The van der Waals surface area contributed by atoms with Crippen LogP contribution in [0.15, 0.2) is 96.6 Å². The molecule has 0 aliphatic heterocycles. The Morgan fingerprint density at radius 2 is 1.50 bits per heavy atom. The summed E-state index contributed by atoms with van der Waals surface area (Å²) in [5, 5.41) is 22.0. The number of hydrogen-bond donors (Lipinski definition) is 3. The maximum atomic E-state index is 14.8. The van der Waals surface area contributed by atoms with Crippen LogP contribution in [0.2, 0.25) is 0 Å². The quantitative estimate of drug-likeness (QED) is 0.109. The van der Waals surface area contributed by atoms with Crippen LogP contribution >= 0.6 is 15.9 Å². The molecule has 0 fully saturated rings. The minimum Gasteiger partial charge on any atom is -0.507 e. The van der Waals surface area contributed by atoms with Crippen LogP contribution in [0.3, 0.4) is 0 Å². The molecule has 1 amide bonds. The van der Waals surface area contributed by atoms with Crippen molar-refractivity contribution >= 4 is 33.4 Å². The third-order valence-electron chi connectivity index (χ3n) is 7.87. The Bertz CT molecular complexity index is 1540. The number of phenols is 1. The summed E-state index contributed by atoms with van der Waals surface area (Å²) in [6.45, 7) is -0.0287. The van der Waals surface area contributed by atoms with Crippen LogP contribution in [0.4, 0.5) is 13.2 Å². The number of carboxylic acid groups (broad SMARTS) is 1. The first-order valence-electron chi connectivity index (χ1n) is 15.2. The maximum absolute atomic E-state index is 14.8. The number of halogens is 4. The van der Waals surface area contributed by atoms with Gasteiger partial charge in [0.1, 0.15) is 17.4 Å². The molecule has 0 heterocycles. The predicted octanol–water partition coefficient (Wildman–Crippen LogP) is 8.39. The van der Waals surface area contributed by atoms with Crippen molar-refractivity contribution < 1.29 is 37.7 Å². The van der Waals surface area contributed by atoms with Gasteiger partial charge >= 0.3 is 12.1 Å². The number of aromatic hydroxyl groups is 1. The number of benzene rings is 3. The molecule has 6 nitrogen and oxygen atoms in total. The average molecular weight is 701 g/mol. The van der Waals surface area contributed by atoms with Gasteiger partial charge in [-0.1, -0.05) is 108 Å².